The Labute approximate surface area is 110 Å². The van der Waals surface area contributed by atoms with E-state index in [1.165, 1.54) is 12.5 Å². The standard InChI is InChI=1S/C15H24N2O/c1-10(18)17-15(5,6)12-7-11(14(2,3)4)8-13(16)9-12/h7-9H,16H2,1-6H3,(H,17,18). The second kappa shape index (κ2) is 4.63. The molecule has 0 aliphatic heterocycles. The first-order chi connectivity index (χ1) is 8.02. The van der Waals surface area contributed by atoms with Gasteiger partial charge in [0.1, 0.15) is 0 Å². The predicted molar refractivity (Wildman–Crippen MR) is 76.4 cm³/mol. The third kappa shape index (κ3) is 3.49. The second-order valence-electron chi connectivity index (χ2n) is 6.40. The number of anilines is 1. The monoisotopic (exact) mass is 248 g/mol. The van der Waals surface area contributed by atoms with Gasteiger partial charge in [0.05, 0.1) is 5.54 Å². The minimum atomic E-state index is -0.415. The third-order valence-corrected chi connectivity index (χ3v) is 3.03. The van der Waals surface area contributed by atoms with E-state index in [-0.39, 0.29) is 11.3 Å². The van der Waals surface area contributed by atoms with Crippen LogP contribution < -0.4 is 11.1 Å². The third-order valence-electron chi connectivity index (χ3n) is 3.03. The SMILES string of the molecule is CC(=O)NC(C)(C)c1cc(N)cc(C(C)(C)C)c1. The van der Waals surface area contributed by atoms with Crippen molar-refractivity contribution in [2.45, 2.75) is 52.5 Å². The van der Waals surface area contributed by atoms with Gasteiger partial charge < -0.3 is 11.1 Å². The number of carbonyl (C=O) groups is 1. The first kappa shape index (κ1) is 14.6. The van der Waals surface area contributed by atoms with Crippen LogP contribution in [0.25, 0.3) is 0 Å². The van der Waals surface area contributed by atoms with Gasteiger partial charge >= 0.3 is 0 Å². The van der Waals surface area contributed by atoms with Crippen LogP contribution in [-0.2, 0) is 15.7 Å². The maximum atomic E-state index is 11.3. The van der Waals surface area contributed by atoms with Crippen LogP contribution in [0.3, 0.4) is 0 Å². The van der Waals surface area contributed by atoms with Crippen LogP contribution in [0.1, 0.15) is 52.7 Å². The summed E-state index contributed by atoms with van der Waals surface area (Å²) in [5.74, 6) is -0.0419. The molecule has 0 heterocycles. The zero-order valence-electron chi connectivity index (χ0n) is 12.2. The van der Waals surface area contributed by atoms with Gasteiger partial charge in [-0.25, -0.2) is 0 Å². The van der Waals surface area contributed by atoms with Gasteiger partial charge in [0.25, 0.3) is 0 Å². The molecule has 0 saturated carbocycles. The fourth-order valence-electron chi connectivity index (χ4n) is 1.96. The summed E-state index contributed by atoms with van der Waals surface area (Å²) in [6.45, 7) is 11.9. The van der Waals surface area contributed by atoms with E-state index < -0.39 is 5.54 Å². The van der Waals surface area contributed by atoms with E-state index in [1.807, 2.05) is 26.0 Å². The molecule has 0 fully saturated rings. The molecule has 1 rings (SSSR count). The quantitative estimate of drug-likeness (QED) is 0.791. The molecule has 0 saturated heterocycles. The summed E-state index contributed by atoms with van der Waals surface area (Å²) in [5, 5.41) is 2.95. The molecule has 0 atom stereocenters. The lowest BCUT2D eigenvalue weighted by Gasteiger charge is -2.29. The van der Waals surface area contributed by atoms with Gasteiger partial charge in [0, 0.05) is 12.6 Å². The lowest BCUT2D eigenvalue weighted by atomic mass is 9.83. The molecule has 100 valence electrons. The smallest absolute Gasteiger partial charge is 0.217 e. The van der Waals surface area contributed by atoms with Gasteiger partial charge in [0.15, 0.2) is 0 Å². The molecular formula is C15H24N2O. The van der Waals surface area contributed by atoms with Crippen molar-refractivity contribution in [1.82, 2.24) is 5.32 Å². The summed E-state index contributed by atoms with van der Waals surface area (Å²) in [6.07, 6.45) is 0. The Morgan fingerprint density at radius 3 is 2.00 bits per heavy atom. The Balaban J connectivity index is 3.25. The number of benzene rings is 1. The van der Waals surface area contributed by atoms with Crippen LogP contribution in [0.2, 0.25) is 0 Å². The highest BCUT2D eigenvalue weighted by atomic mass is 16.1. The average Bonchev–Trinajstić information content (AvgIpc) is 2.13. The van der Waals surface area contributed by atoms with Crippen LogP contribution >= 0.6 is 0 Å². The van der Waals surface area contributed by atoms with Crippen LogP contribution in [0, 0.1) is 0 Å². The molecule has 0 aliphatic rings. The van der Waals surface area contributed by atoms with E-state index in [2.05, 4.69) is 32.2 Å². The number of nitrogens with two attached hydrogens (primary N) is 1. The van der Waals surface area contributed by atoms with Crippen molar-refractivity contribution in [1.29, 1.82) is 0 Å². The summed E-state index contributed by atoms with van der Waals surface area (Å²) >= 11 is 0. The van der Waals surface area contributed by atoms with Crippen LogP contribution in [-0.4, -0.2) is 5.91 Å². The number of nitrogen functional groups attached to an aromatic ring is 1. The summed E-state index contributed by atoms with van der Waals surface area (Å²) < 4.78 is 0. The Bertz CT molecular complexity index is 456. The zero-order valence-corrected chi connectivity index (χ0v) is 12.2. The summed E-state index contributed by atoms with van der Waals surface area (Å²) in [5.41, 5.74) is 8.53. The van der Waals surface area contributed by atoms with Crippen LogP contribution in [0.15, 0.2) is 18.2 Å². The normalized spacial score (nSPS) is 12.3. The minimum Gasteiger partial charge on any atom is -0.399 e. The summed E-state index contributed by atoms with van der Waals surface area (Å²) in [7, 11) is 0. The van der Waals surface area contributed by atoms with Crippen LogP contribution in [0.5, 0.6) is 0 Å². The molecule has 0 spiro atoms. The Kier molecular flexibility index (Phi) is 3.75. The van der Waals surface area contributed by atoms with Gasteiger partial charge in [-0.15, -0.1) is 0 Å². The van der Waals surface area contributed by atoms with Crippen molar-refractivity contribution in [2.24, 2.45) is 0 Å². The molecule has 3 N–H and O–H groups in total. The number of nitrogens with one attached hydrogen (secondary N) is 1. The molecule has 1 aromatic rings. The fourth-order valence-corrected chi connectivity index (χ4v) is 1.96. The molecule has 0 unspecified atom stereocenters. The van der Waals surface area contributed by atoms with Gasteiger partial charge in [-0.3, -0.25) is 4.79 Å². The molecule has 1 amide bonds. The summed E-state index contributed by atoms with van der Waals surface area (Å²) in [4.78, 5) is 11.3. The van der Waals surface area contributed by atoms with Crippen molar-refractivity contribution in [2.75, 3.05) is 5.73 Å². The van der Waals surface area contributed by atoms with Gasteiger partial charge in [-0.2, -0.15) is 0 Å². The lowest BCUT2D eigenvalue weighted by Crippen LogP contribution is -2.39. The maximum Gasteiger partial charge on any atom is 0.217 e. The largest absolute Gasteiger partial charge is 0.399 e. The van der Waals surface area contributed by atoms with Crippen molar-refractivity contribution < 1.29 is 4.79 Å². The van der Waals surface area contributed by atoms with E-state index in [1.54, 1.807) is 0 Å². The molecule has 0 radical (unpaired) electrons. The Morgan fingerprint density at radius 1 is 1.06 bits per heavy atom. The molecule has 1 aromatic carbocycles. The zero-order chi connectivity index (χ0) is 14.1. The molecule has 18 heavy (non-hydrogen) atoms. The van der Waals surface area contributed by atoms with Crippen molar-refractivity contribution >= 4 is 11.6 Å². The molecule has 3 heteroatoms. The molecular weight excluding hydrogens is 224 g/mol. The number of hydrogen-bond acceptors (Lipinski definition) is 2. The number of carbonyl (C=O) groups excluding carboxylic acids is 1. The van der Waals surface area contributed by atoms with Gasteiger partial charge in [0.2, 0.25) is 5.91 Å². The highest BCUT2D eigenvalue weighted by molar-refractivity contribution is 5.74. The van der Waals surface area contributed by atoms with E-state index in [0.29, 0.717) is 0 Å². The van der Waals surface area contributed by atoms with Gasteiger partial charge in [-0.05, 0) is 42.5 Å². The molecule has 3 nitrogen and oxygen atoms in total. The molecule has 0 aromatic heterocycles. The Morgan fingerprint density at radius 2 is 1.56 bits per heavy atom. The Hall–Kier alpha value is -1.51. The fraction of sp³-hybridized carbons (Fsp3) is 0.533. The minimum absolute atomic E-state index is 0.0381. The molecule has 0 aliphatic carbocycles. The molecule has 0 bridgehead atoms. The van der Waals surface area contributed by atoms with Gasteiger partial charge in [-0.1, -0.05) is 26.8 Å². The van der Waals surface area contributed by atoms with E-state index in [0.717, 1.165) is 11.3 Å². The summed E-state index contributed by atoms with van der Waals surface area (Å²) in [6, 6.07) is 6.03. The van der Waals surface area contributed by atoms with Crippen LogP contribution in [0.4, 0.5) is 5.69 Å². The van der Waals surface area contributed by atoms with E-state index in [4.69, 9.17) is 5.73 Å². The first-order valence-corrected chi connectivity index (χ1v) is 6.22. The van der Waals surface area contributed by atoms with Crippen molar-refractivity contribution in [3.8, 4) is 0 Å². The van der Waals surface area contributed by atoms with E-state index >= 15 is 0 Å². The average molecular weight is 248 g/mol. The van der Waals surface area contributed by atoms with Crippen molar-refractivity contribution in [3.63, 3.8) is 0 Å². The number of hydrogen-bond donors (Lipinski definition) is 2. The first-order valence-electron chi connectivity index (χ1n) is 6.22. The predicted octanol–water partition coefficient (Wildman–Crippen LogP) is 2.94. The number of amides is 1. The van der Waals surface area contributed by atoms with E-state index in [9.17, 15) is 4.79 Å². The highest BCUT2D eigenvalue weighted by Gasteiger charge is 2.24. The van der Waals surface area contributed by atoms with Crippen molar-refractivity contribution in [3.05, 3.63) is 29.3 Å². The number of rotatable bonds is 2. The maximum absolute atomic E-state index is 11.3. The second-order valence-corrected chi connectivity index (χ2v) is 6.40. The lowest BCUT2D eigenvalue weighted by molar-refractivity contribution is -0.120. The highest BCUT2D eigenvalue weighted by Crippen LogP contribution is 2.30. The topological polar surface area (TPSA) is 55.1 Å².